The average Bonchev–Trinajstić information content (AvgIpc) is 2.30. The summed E-state index contributed by atoms with van der Waals surface area (Å²) in [5.74, 6) is 1.49. The van der Waals surface area contributed by atoms with E-state index in [2.05, 4.69) is 10.6 Å². The van der Waals surface area contributed by atoms with Crippen molar-refractivity contribution in [3.8, 4) is 5.75 Å². The molecule has 0 radical (unpaired) electrons. The Hall–Kier alpha value is -1.55. The van der Waals surface area contributed by atoms with Crippen LogP contribution in [0.15, 0.2) is 24.3 Å². The molecule has 1 aromatic rings. The first-order valence-corrected chi connectivity index (χ1v) is 6.41. The molecule has 0 aliphatic carbocycles. The number of nitrogens with one attached hydrogen (secondary N) is 2. The van der Waals surface area contributed by atoms with Crippen LogP contribution in [-0.4, -0.2) is 32.1 Å². The summed E-state index contributed by atoms with van der Waals surface area (Å²) in [7, 11) is 0. The van der Waals surface area contributed by atoms with Crippen LogP contribution in [0.2, 0.25) is 0 Å². The van der Waals surface area contributed by atoms with Gasteiger partial charge in [0, 0.05) is 6.42 Å². The van der Waals surface area contributed by atoms with Crippen molar-refractivity contribution in [2.45, 2.75) is 13.3 Å². The Morgan fingerprint density at radius 1 is 1.50 bits per heavy atom. The number of carbonyl (C=O) groups excluding carboxylic acids is 1. The minimum absolute atomic E-state index is 0.120. The molecule has 18 heavy (non-hydrogen) atoms. The molecular weight excluding hydrogens is 228 g/mol. The number of ether oxygens (including phenoxy) is 1. The van der Waals surface area contributed by atoms with Gasteiger partial charge in [0.25, 0.3) is 0 Å². The third kappa shape index (κ3) is 4.04. The zero-order valence-electron chi connectivity index (χ0n) is 10.7. The van der Waals surface area contributed by atoms with Gasteiger partial charge in [0.15, 0.2) is 0 Å². The monoisotopic (exact) mass is 248 g/mol. The molecule has 1 aliphatic heterocycles. The van der Waals surface area contributed by atoms with Gasteiger partial charge in [0.05, 0.1) is 6.54 Å². The highest BCUT2D eigenvalue weighted by Gasteiger charge is 2.19. The van der Waals surface area contributed by atoms with Gasteiger partial charge in [0.1, 0.15) is 12.4 Å². The van der Waals surface area contributed by atoms with Crippen molar-refractivity contribution in [2.75, 3.05) is 26.2 Å². The first-order chi connectivity index (χ1) is 8.74. The summed E-state index contributed by atoms with van der Waals surface area (Å²) < 4.78 is 5.56. The van der Waals surface area contributed by atoms with Crippen molar-refractivity contribution in [2.24, 2.45) is 5.92 Å². The van der Waals surface area contributed by atoms with Crippen LogP contribution in [0.4, 0.5) is 0 Å². The number of rotatable bonds is 6. The fourth-order valence-electron chi connectivity index (χ4n) is 1.89. The van der Waals surface area contributed by atoms with E-state index in [4.69, 9.17) is 4.74 Å². The molecule has 2 N–H and O–H groups in total. The summed E-state index contributed by atoms with van der Waals surface area (Å²) in [6.45, 7) is 5.03. The Bertz CT molecular complexity index is 403. The van der Waals surface area contributed by atoms with Gasteiger partial charge in [-0.3, -0.25) is 4.79 Å². The predicted octanol–water partition coefficient (Wildman–Crippen LogP) is 1.10. The second kappa shape index (κ2) is 6.40. The maximum absolute atomic E-state index is 11.5. The Balaban J connectivity index is 1.59. The van der Waals surface area contributed by atoms with Crippen molar-refractivity contribution in [1.29, 1.82) is 0 Å². The van der Waals surface area contributed by atoms with E-state index in [1.165, 1.54) is 5.56 Å². The quantitative estimate of drug-likeness (QED) is 0.741. The zero-order valence-corrected chi connectivity index (χ0v) is 10.7. The molecule has 0 bridgehead atoms. The number of benzene rings is 1. The van der Waals surface area contributed by atoms with Crippen LogP contribution in [0.3, 0.4) is 0 Å². The van der Waals surface area contributed by atoms with Crippen LogP contribution in [-0.2, 0) is 4.79 Å². The lowest BCUT2D eigenvalue weighted by Gasteiger charge is -2.26. The van der Waals surface area contributed by atoms with E-state index < -0.39 is 0 Å². The van der Waals surface area contributed by atoms with Crippen LogP contribution < -0.4 is 15.4 Å². The van der Waals surface area contributed by atoms with E-state index in [9.17, 15) is 4.79 Å². The largest absolute Gasteiger partial charge is 0.492 e. The molecular formula is C14H20N2O2. The Labute approximate surface area is 108 Å². The second-order valence-corrected chi connectivity index (χ2v) is 4.74. The van der Waals surface area contributed by atoms with Gasteiger partial charge in [-0.1, -0.05) is 12.1 Å². The lowest BCUT2D eigenvalue weighted by Crippen LogP contribution is -2.44. The summed E-state index contributed by atoms with van der Waals surface area (Å²) in [5, 5.41) is 6.03. The highest BCUT2D eigenvalue weighted by atomic mass is 16.5. The number of hydrogen-bond donors (Lipinski definition) is 2. The van der Waals surface area contributed by atoms with E-state index in [1.54, 1.807) is 0 Å². The van der Waals surface area contributed by atoms with Crippen molar-refractivity contribution in [3.63, 3.8) is 0 Å². The molecule has 1 amide bonds. The molecule has 98 valence electrons. The topological polar surface area (TPSA) is 50.4 Å². The summed E-state index contributed by atoms with van der Waals surface area (Å²) >= 11 is 0. The minimum atomic E-state index is 0.120. The molecule has 1 heterocycles. The van der Waals surface area contributed by atoms with E-state index in [0.29, 0.717) is 25.5 Å². The van der Waals surface area contributed by atoms with Crippen LogP contribution in [0, 0.1) is 12.8 Å². The molecule has 2 rings (SSSR count). The lowest BCUT2D eigenvalue weighted by atomic mass is 9.99. The third-order valence-corrected chi connectivity index (χ3v) is 3.02. The first-order valence-electron chi connectivity index (χ1n) is 6.41. The second-order valence-electron chi connectivity index (χ2n) is 4.74. The average molecular weight is 248 g/mol. The molecule has 1 aliphatic rings. The fraction of sp³-hybridized carbons (Fsp3) is 0.500. The Morgan fingerprint density at radius 3 is 3.00 bits per heavy atom. The SMILES string of the molecule is Cc1cccc(OCCNC(=O)CC2CNC2)c1. The molecule has 0 spiro atoms. The molecule has 1 fully saturated rings. The summed E-state index contributed by atoms with van der Waals surface area (Å²) in [4.78, 5) is 11.5. The number of carbonyl (C=O) groups is 1. The molecule has 0 saturated carbocycles. The molecule has 0 atom stereocenters. The number of aryl methyl sites for hydroxylation is 1. The number of hydrogen-bond acceptors (Lipinski definition) is 3. The number of amides is 1. The van der Waals surface area contributed by atoms with Crippen LogP contribution in [0.1, 0.15) is 12.0 Å². The van der Waals surface area contributed by atoms with Crippen LogP contribution in [0.5, 0.6) is 5.75 Å². The molecule has 0 unspecified atom stereocenters. The molecule has 4 nitrogen and oxygen atoms in total. The van der Waals surface area contributed by atoms with Crippen LogP contribution >= 0.6 is 0 Å². The highest BCUT2D eigenvalue weighted by molar-refractivity contribution is 5.76. The third-order valence-electron chi connectivity index (χ3n) is 3.02. The van der Waals surface area contributed by atoms with Gasteiger partial charge in [-0.05, 0) is 43.6 Å². The van der Waals surface area contributed by atoms with Gasteiger partial charge in [-0.15, -0.1) is 0 Å². The van der Waals surface area contributed by atoms with Gasteiger partial charge in [-0.2, -0.15) is 0 Å². The van der Waals surface area contributed by atoms with E-state index in [-0.39, 0.29) is 5.91 Å². The summed E-state index contributed by atoms with van der Waals surface area (Å²) in [6.07, 6.45) is 0.622. The van der Waals surface area contributed by atoms with Gasteiger partial charge in [-0.25, -0.2) is 0 Å². The van der Waals surface area contributed by atoms with Gasteiger partial charge >= 0.3 is 0 Å². The highest BCUT2D eigenvalue weighted by Crippen LogP contribution is 2.11. The maximum atomic E-state index is 11.5. The van der Waals surface area contributed by atoms with E-state index >= 15 is 0 Å². The molecule has 1 aromatic carbocycles. The van der Waals surface area contributed by atoms with Gasteiger partial charge in [0.2, 0.25) is 5.91 Å². The molecule has 1 saturated heterocycles. The first kappa shape index (κ1) is 12.9. The normalized spacial score (nSPS) is 14.9. The predicted molar refractivity (Wildman–Crippen MR) is 70.7 cm³/mol. The van der Waals surface area contributed by atoms with E-state index in [0.717, 1.165) is 18.8 Å². The van der Waals surface area contributed by atoms with Crippen molar-refractivity contribution >= 4 is 5.91 Å². The Morgan fingerprint density at radius 2 is 2.33 bits per heavy atom. The standard InChI is InChI=1S/C14H20N2O2/c1-11-3-2-4-13(7-11)18-6-5-16-14(17)8-12-9-15-10-12/h2-4,7,12,15H,5-6,8-10H2,1H3,(H,16,17). The molecule has 0 aromatic heterocycles. The van der Waals surface area contributed by atoms with Crippen molar-refractivity contribution < 1.29 is 9.53 Å². The smallest absolute Gasteiger partial charge is 0.220 e. The van der Waals surface area contributed by atoms with Crippen molar-refractivity contribution in [1.82, 2.24) is 10.6 Å². The summed E-state index contributed by atoms with van der Waals surface area (Å²) in [6, 6.07) is 7.91. The van der Waals surface area contributed by atoms with Gasteiger partial charge < -0.3 is 15.4 Å². The minimum Gasteiger partial charge on any atom is -0.492 e. The lowest BCUT2D eigenvalue weighted by molar-refractivity contribution is -0.122. The van der Waals surface area contributed by atoms with Crippen molar-refractivity contribution in [3.05, 3.63) is 29.8 Å². The summed E-state index contributed by atoms with van der Waals surface area (Å²) in [5.41, 5.74) is 1.18. The fourth-order valence-corrected chi connectivity index (χ4v) is 1.89. The van der Waals surface area contributed by atoms with E-state index in [1.807, 2.05) is 31.2 Å². The maximum Gasteiger partial charge on any atom is 0.220 e. The molecule has 4 heteroatoms. The van der Waals surface area contributed by atoms with Crippen LogP contribution in [0.25, 0.3) is 0 Å². The Kier molecular flexibility index (Phi) is 4.59. The zero-order chi connectivity index (χ0) is 12.8.